The van der Waals surface area contributed by atoms with Gasteiger partial charge in [-0.1, -0.05) is 24.3 Å². The molecule has 3 aliphatic rings. The summed E-state index contributed by atoms with van der Waals surface area (Å²) in [4.78, 5) is 37.8. The smallest absolute Gasteiger partial charge is 0.267 e. The molecule has 178 valence electrons. The number of hydrazine groups is 1. The fourth-order valence-corrected chi connectivity index (χ4v) is 4.75. The Morgan fingerprint density at radius 3 is 2.38 bits per heavy atom. The van der Waals surface area contributed by atoms with Gasteiger partial charge >= 0.3 is 0 Å². The van der Waals surface area contributed by atoms with Crippen LogP contribution in [0.5, 0.6) is 11.5 Å². The van der Waals surface area contributed by atoms with E-state index in [1.807, 2.05) is 12.1 Å². The van der Waals surface area contributed by atoms with Crippen molar-refractivity contribution >= 4 is 23.4 Å². The minimum absolute atomic E-state index is 0.0378. The van der Waals surface area contributed by atoms with Crippen molar-refractivity contribution in [2.24, 2.45) is 5.92 Å². The number of ether oxygens (including phenoxy) is 3. The van der Waals surface area contributed by atoms with Crippen LogP contribution in [0.3, 0.4) is 0 Å². The van der Waals surface area contributed by atoms with Gasteiger partial charge in [-0.3, -0.25) is 19.4 Å². The predicted molar refractivity (Wildman–Crippen MR) is 122 cm³/mol. The summed E-state index contributed by atoms with van der Waals surface area (Å²) in [5, 5.41) is 5.70. The van der Waals surface area contributed by atoms with Gasteiger partial charge < -0.3 is 19.5 Å². The van der Waals surface area contributed by atoms with Crippen LogP contribution in [0.25, 0.3) is 0 Å². The lowest BCUT2D eigenvalue weighted by Gasteiger charge is -2.28. The number of fused-ring (bicyclic) bond motifs is 2. The van der Waals surface area contributed by atoms with Crippen molar-refractivity contribution in [3.8, 4) is 11.5 Å². The molecule has 2 aromatic rings. The first-order chi connectivity index (χ1) is 16.6. The summed E-state index contributed by atoms with van der Waals surface area (Å²) in [6.07, 6.45) is 2.93. The van der Waals surface area contributed by atoms with E-state index in [0.717, 1.165) is 19.3 Å². The molecule has 0 spiro atoms. The molecule has 34 heavy (non-hydrogen) atoms. The van der Waals surface area contributed by atoms with E-state index in [4.69, 9.17) is 14.2 Å². The fraction of sp³-hybridized carbons (Fsp3) is 0.400. The van der Waals surface area contributed by atoms with E-state index >= 15 is 0 Å². The number of amides is 3. The lowest BCUT2D eigenvalue weighted by molar-refractivity contribution is -0.161. The highest BCUT2D eigenvalue weighted by molar-refractivity contribution is 5.92. The highest BCUT2D eigenvalue weighted by Gasteiger charge is 2.33. The average molecular weight is 466 g/mol. The Bertz CT molecular complexity index is 1080. The van der Waals surface area contributed by atoms with Gasteiger partial charge in [0.2, 0.25) is 18.6 Å². The van der Waals surface area contributed by atoms with Gasteiger partial charge in [-0.15, -0.1) is 0 Å². The lowest BCUT2D eigenvalue weighted by Crippen LogP contribution is -2.47. The molecule has 0 radical (unpaired) electrons. The fourth-order valence-electron chi connectivity index (χ4n) is 4.75. The molecule has 1 aliphatic carbocycles. The molecule has 9 heteroatoms. The van der Waals surface area contributed by atoms with Crippen molar-refractivity contribution < 1.29 is 28.6 Å². The number of hydrogen-bond acceptors (Lipinski definition) is 6. The SMILES string of the molecule is O=C(COCC(=O)N1CCCN1C(=O)CC1Cc2ccccc2C1)Nc1ccc2c(c1)OCO2. The monoisotopic (exact) mass is 465 g/mol. The summed E-state index contributed by atoms with van der Waals surface area (Å²) in [7, 11) is 0. The minimum atomic E-state index is -0.387. The molecule has 1 fully saturated rings. The van der Waals surface area contributed by atoms with Crippen LogP contribution in [0.4, 0.5) is 5.69 Å². The topological polar surface area (TPSA) is 97.4 Å². The van der Waals surface area contributed by atoms with Gasteiger partial charge in [0, 0.05) is 31.3 Å². The molecule has 0 unspecified atom stereocenters. The molecule has 3 amide bonds. The van der Waals surface area contributed by atoms with Crippen LogP contribution in [0.2, 0.25) is 0 Å². The van der Waals surface area contributed by atoms with E-state index < -0.39 is 0 Å². The second kappa shape index (κ2) is 9.72. The third-order valence-corrected chi connectivity index (χ3v) is 6.32. The molecule has 1 N–H and O–H groups in total. The number of rotatable bonds is 7. The first-order valence-corrected chi connectivity index (χ1v) is 11.5. The number of anilines is 1. The van der Waals surface area contributed by atoms with Crippen molar-refractivity contribution in [2.45, 2.75) is 25.7 Å². The summed E-state index contributed by atoms with van der Waals surface area (Å²) in [6, 6.07) is 13.4. The predicted octanol–water partition coefficient (Wildman–Crippen LogP) is 2.15. The minimum Gasteiger partial charge on any atom is -0.454 e. The summed E-state index contributed by atoms with van der Waals surface area (Å²) >= 11 is 0. The van der Waals surface area contributed by atoms with E-state index in [9.17, 15) is 14.4 Å². The van der Waals surface area contributed by atoms with E-state index in [-0.39, 0.29) is 43.6 Å². The number of nitrogens with zero attached hydrogens (tertiary/aromatic N) is 2. The second-order valence-electron chi connectivity index (χ2n) is 8.74. The number of carbonyl (C=O) groups is 3. The van der Waals surface area contributed by atoms with Crippen LogP contribution < -0.4 is 14.8 Å². The molecule has 1 saturated heterocycles. The molecule has 2 aromatic carbocycles. The molecule has 2 heterocycles. The van der Waals surface area contributed by atoms with E-state index in [1.54, 1.807) is 23.2 Å². The molecule has 0 saturated carbocycles. The van der Waals surface area contributed by atoms with Crippen LogP contribution in [-0.4, -0.2) is 60.8 Å². The normalized spacial score (nSPS) is 16.6. The average Bonchev–Trinajstić information content (AvgIpc) is 3.57. The molecule has 5 rings (SSSR count). The third kappa shape index (κ3) is 4.84. The zero-order valence-electron chi connectivity index (χ0n) is 18.8. The molecule has 0 aromatic heterocycles. The van der Waals surface area contributed by atoms with E-state index in [1.165, 1.54) is 16.1 Å². The Labute approximate surface area is 197 Å². The maximum Gasteiger partial charge on any atom is 0.267 e. The lowest BCUT2D eigenvalue weighted by atomic mass is 10.0. The Hall–Kier alpha value is -3.59. The molecule has 0 atom stereocenters. The maximum atomic E-state index is 12.9. The third-order valence-electron chi connectivity index (χ3n) is 6.32. The first-order valence-electron chi connectivity index (χ1n) is 11.5. The van der Waals surface area contributed by atoms with Crippen LogP contribution in [-0.2, 0) is 32.0 Å². The first kappa shape index (κ1) is 22.2. The van der Waals surface area contributed by atoms with Crippen LogP contribution in [0.15, 0.2) is 42.5 Å². The number of nitrogens with one attached hydrogen (secondary N) is 1. The van der Waals surface area contributed by atoms with Crippen molar-refractivity contribution in [1.82, 2.24) is 10.0 Å². The largest absolute Gasteiger partial charge is 0.454 e. The van der Waals surface area contributed by atoms with Crippen LogP contribution in [0, 0.1) is 5.92 Å². The van der Waals surface area contributed by atoms with E-state index in [0.29, 0.717) is 36.7 Å². The molecule has 2 aliphatic heterocycles. The van der Waals surface area contributed by atoms with Gasteiger partial charge in [0.05, 0.1) is 0 Å². The quantitative estimate of drug-likeness (QED) is 0.673. The molecule has 9 nitrogen and oxygen atoms in total. The van der Waals surface area contributed by atoms with Crippen LogP contribution in [0.1, 0.15) is 24.0 Å². The highest BCUT2D eigenvalue weighted by atomic mass is 16.7. The Kier molecular flexibility index (Phi) is 6.35. The van der Waals surface area contributed by atoms with Crippen molar-refractivity contribution in [3.05, 3.63) is 53.6 Å². The summed E-state index contributed by atoms with van der Waals surface area (Å²) in [5.41, 5.74) is 3.17. The molecular formula is C25H27N3O6. The van der Waals surface area contributed by atoms with Crippen molar-refractivity contribution in [1.29, 1.82) is 0 Å². The summed E-state index contributed by atoms with van der Waals surface area (Å²) in [6.45, 7) is 0.606. The maximum absolute atomic E-state index is 12.9. The van der Waals surface area contributed by atoms with Gasteiger partial charge in [-0.05, 0) is 48.4 Å². The van der Waals surface area contributed by atoms with Gasteiger partial charge in [0.1, 0.15) is 13.2 Å². The summed E-state index contributed by atoms with van der Waals surface area (Å²) in [5.74, 6) is 0.706. The zero-order valence-corrected chi connectivity index (χ0v) is 18.8. The van der Waals surface area contributed by atoms with Gasteiger partial charge in [-0.2, -0.15) is 0 Å². The number of benzene rings is 2. The number of carbonyl (C=O) groups excluding carboxylic acids is 3. The van der Waals surface area contributed by atoms with Gasteiger partial charge in [0.15, 0.2) is 11.5 Å². The highest BCUT2D eigenvalue weighted by Crippen LogP contribution is 2.34. The molecular weight excluding hydrogens is 438 g/mol. The van der Waals surface area contributed by atoms with Gasteiger partial charge in [-0.25, -0.2) is 5.01 Å². The second-order valence-corrected chi connectivity index (χ2v) is 8.74. The standard InChI is InChI=1S/C25H27N3O6/c29-23(26-20-6-7-21-22(13-20)34-16-33-21)14-32-15-25(31)28-9-3-8-27(28)24(30)12-17-10-18-4-1-2-5-19(18)11-17/h1-2,4-7,13,17H,3,8-12,14-16H2,(H,26,29). The van der Waals surface area contributed by atoms with Crippen molar-refractivity contribution in [2.75, 3.05) is 38.4 Å². The Morgan fingerprint density at radius 2 is 1.62 bits per heavy atom. The summed E-state index contributed by atoms with van der Waals surface area (Å²) < 4.78 is 15.9. The molecule has 0 bridgehead atoms. The number of hydrogen-bond donors (Lipinski definition) is 1. The Morgan fingerprint density at radius 1 is 0.912 bits per heavy atom. The van der Waals surface area contributed by atoms with Crippen LogP contribution >= 0.6 is 0 Å². The Balaban J connectivity index is 1.07. The van der Waals surface area contributed by atoms with Crippen molar-refractivity contribution in [3.63, 3.8) is 0 Å². The zero-order chi connectivity index (χ0) is 23.5. The van der Waals surface area contributed by atoms with E-state index in [2.05, 4.69) is 17.4 Å². The van der Waals surface area contributed by atoms with Gasteiger partial charge in [0.25, 0.3) is 5.91 Å².